The van der Waals surface area contributed by atoms with E-state index in [2.05, 4.69) is 17.6 Å². The Kier molecular flexibility index (Phi) is 7.07. The van der Waals surface area contributed by atoms with Gasteiger partial charge in [-0.2, -0.15) is 0 Å². The van der Waals surface area contributed by atoms with Crippen LogP contribution >= 0.6 is 11.8 Å². The minimum Gasteiger partial charge on any atom is -0.325 e. The molecule has 0 bridgehead atoms. The summed E-state index contributed by atoms with van der Waals surface area (Å²) < 4.78 is 0. The van der Waals surface area contributed by atoms with Crippen LogP contribution < -0.4 is 10.6 Å². The molecule has 2 aromatic carbocycles. The monoisotopic (exact) mass is 356 g/mol. The number of aryl methyl sites for hydroxylation is 2. The standard InChI is InChI=1S/C20H24N2O2S/c1-4-16-7-5-6-8-18(16)22-20(24)15(3)25-13-19(23)21-17-11-9-14(2)10-12-17/h5-12,15H,4,13H2,1-3H3,(H,21,23)(H,22,24). The Morgan fingerprint density at radius 3 is 2.40 bits per heavy atom. The van der Waals surface area contributed by atoms with Crippen LogP contribution in [0.4, 0.5) is 11.4 Å². The average Bonchev–Trinajstić information content (AvgIpc) is 2.62. The summed E-state index contributed by atoms with van der Waals surface area (Å²) in [6, 6.07) is 15.4. The molecule has 0 aromatic heterocycles. The molecule has 25 heavy (non-hydrogen) atoms. The first-order valence-electron chi connectivity index (χ1n) is 8.36. The molecule has 2 aromatic rings. The molecule has 1 atom stereocenters. The Labute approximate surface area is 153 Å². The summed E-state index contributed by atoms with van der Waals surface area (Å²) in [7, 11) is 0. The molecular weight excluding hydrogens is 332 g/mol. The summed E-state index contributed by atoms with van der Waals surface area (Å²) >= 11 is 1.32. The predicted octanol–water partition coefficient (Wildman–Crippen LogP) is 4.26. The Bertz CT molecular complexity index is 729. The molecule has 0 radical (unpaired) electrons. The van der Waals surface area contributed by atoms with Crippen molar-refractivity contribution in [2.75, 3.05) is 16.4 Å². The number of rotatable bonds is 7. The molecule has 1 unspecified atom stereocenters. The molecule has 0 aliphatic rings. The summed E-state index contributed by atoms with van der Waals surface area (Å²) in [4.78, 5) is 24.3. The fourth-order valence-corrected chi connectivity index (χ4v) is 2.98. The number of benzene rings is 2. The summed E-state index contributed by atoms with van der Waals surface area (Å²) in [6.07, 6.45) is 0.858. The van der Waals surface area contributed by atoms with E-state index in [4.69, 9.17) is 0 Å². The van der Waals surface area contributed by atoms with Gasteiger partial charge in [-0.3, -0.25) is 9.59 Å². The number of carbonyl (C=O) groups excluding carboxylic acids is 2. The summed E-state index contributed by atoms with van der Waals surface area (Å²) in [6.45, 7) is 5.87. The zero-order valence-electron chi connectivity index (χ0n) is 14.8. The van der Waals surface area contributed by atoms with Crippen molar-refractivity contribution >= 4 is 35.0 Å². The van der Waals surface area contributed by atoms with Crippen molar-refractivity contribution in [2.45, 2.75) is 32.4 Å². The smallest absolute Gasteiger partial charge is 0.237 e. The molecule has 0 heterocycles. The van der Waals surface area contributed by atoms with Crippen LogP contribution in [-0.4, -0.2) is 22.8 Å². The highest BCUT2D eigenvalue weighted by Crippen LogP contribution is 2.19. The maximum absolute atomic E-state index is 12.3. The number of nitrogens with one attached hydrogen (secondary N) is 2. The summed E-state index contributed by atoms with van der Waals surface area (Å²) in [5, 5.41) is 5.48. The lowest BCUT2D eigenvalue weighted by atomic mass is 10.1. The van der Waals surface area contributed by atoms with E-state index < -0.39 is 0 Å². The van der Waals surface area contributed by atoms with Gasteiger partial charge in [0, 0.05) is 11.4 Å². The van der Waals surface area contributed by atoms with E-state index in [1.807, 2.05) is 62.4 Å². The number of anilines is 2. The van der Waals surface area contributed by atoms with Gasteiger partial charge in [0.1, 0.15) is 0 Å². The van der Waals surface area contributed by atoms with Gasteiger partial charge in [-0.15, -0.1) is 11.8 Å². The maximum atomic E-state index is 12.3. The molecule has 0 saturated heterocycles. The average molecular weight is 356 g/mol. The van der Waals surface area contributed by atoms with Gasteiger partial charge in [-0.1, -0.05) is 42.8 Å². The summed E-state index contributed by atoms with van der Waals surface area (Å²) in [5.74, 6) is 0.0363. The highest BCUT2D eigenvalue weighted by atomic mass is 32.2. The van der Waals surface area contributed by atoms with E-state index in [9.17, 15) is 9.59 Å². The molecule has 2 N–H and O–H groups in total. The van der Waals surface area contributed by atoms with Crippen molar-refractivity contribution in [3.63, 3.8) is 0 Å². The quantitative estimate of drug-likeness (QED) is 0.779. The maximum Gasteiger partial charge on any atom is 0.237 e. The number of hydrogen-bond donors (Lipinski definition) is 2. The second-order valence-corrected chi connectivity index (χ2v) is 7.20. The molecule has 2 rings (SSSR count). The Morgan fingerprint density at radius 1 is 1.04 bits per heavy atom. The van der Waals surface area contributed by atoms with E-state index in [0.29, 0.717) is 0 Å². The lowest BCUT2D eigenvalue weighted by Crippen LogP contribution is -2.25. The van der Waals surface area contributed by atoms with Gasteiger partial charge < -0.3 is 10.6 Å². The Morgan fingerprint density at radius 2 is 1.72 bits per heavy atom. The second kappa shape index (κ2) is 9.28. The third-order valence-corrected chi connectivity index (χ3v) is 4.97. The lowest BCUT2D eigenvalue weighted by molar-refractivity contribution is -0.115. The molecule has 0 spiro atoms. The number of thioether (sulfide) groups is 1. The Balaban J connectivity index is 1.82. The number of hydrogen-bond acceptors (Lipinski definition) is 3. The first kappa shape index (κ1) is 19.1. The zero-order chi connectivity index (χ0) is 18.2. The van der Waals surface area contributed by atoms with Crippen LogP contribution in [0.3, 0.4) is 0 Å². The SMILES string of the molecule is CCc1ccccc1NC(=O)C(C)SCC(=O)Nc1ccc(C)cc1. The van der Waals surface area contributed by atoms with Crippen molar-refractivity contribution in [1.29, 1.82) is 0 Å². The van der Waals surface area contributed by atoms with Crippen LogP contribution in [-0.2, 0) is 16.0 Å². The normalized spacial score (nSPS) is 11.6. The molecule has 0 saturated carbocycles. The van der Waals surface area contributed by atoms with Crippen molar-refractivity contribution in [1.82, 2.24) is 0 Å². The van der Waals surface area contributed by atoms with Crippen LogP contribution in [0.1, 0.15) is 25.0 Å². The molecule has 4 nitrogen and oxygen atoms in total. The number of para-hydroxylation sites is 1. The highest BCUT2D eigenvalue weighted by molar-refractivity contribution is 8.01. The molecule has 0 aliphatic carbocycles. The first-order chi connectivity index (χ1) is 12.0. The topological polar surface area (TPSA) is 58.2 Å². The highest BCUT2D eigenvalue weighted by Gasteiger charge is 2.16. The molecule has 132 valence electrons. The minimum absolute atomic E-state index is 0.0889. The summed E-state index contributed by atoms with van der Waals surface area (Å²) in [5.41, 5.74) is 3.85. The van der Waals surface area contributed by atoms with E-state index >= 15 is 0 Å². The van der Waals surface area contributed by atoms with Crippen molar-refractivity contribution in [3.05, 3.63) is 59.7 Å². The molecule has 0 fully saturated rings. The fraction of sp³-hybridized carbons (Fsp3) is 0.300. The second-order valence-electron chi connectivity index (χ2n) is 5.87. The molecule has 0 aliphatic heterocycles. The van der Waals surface area contributed by atoms with Crippen LogP contribution in [0.2, 0.25) is 0 Å². The molecule has 2 amide bonds. The third kappa shape index (κ3) is 5.94. The van der Waals surface area contributed by atoms with Crippen LogP contribution in [0.5, 0.6) is 0 Å². The third-order valence-electron chi connectivity index (χ3n) is 3.83. The van der Waals surface area contributed by atoms with E-state index in [-0.39, 0.29) is 22.8 Å². The van der Waals surface area contributed by atoms with Gasteiger partial charge in [0.2, 0.25) is 11.8 Å². The largest absolute Gasteiger partial charge is 0.325 e. The van der Waals surface area contributed by atoms with Gasteiger partial charge in [0.15, 0.2) is 0 Å². The van der Waals surface area contributed by atoms with E-state index in [1.54, 1.807) is 0 Å². The van der Waals surface area contributed by atoms with Gasteiger partial charge >= 0.3 is 0 Å². The van der Waals surface area contributed by atoms with Crippen molar-refractivity contribution < 1.29 is 9.59 Å². The van der Waals surface area contributed by atoms with Crippen molar-refractivity contribution in [2.24, 2.45) is 0 Å². The molecule has 5 heteroatoms. The Hall–Kier alpha value is -2.27. The number of carbonyl (C=O) groups is 2. The minimum atomic E-state index is -0.311. The first-order valence-corrected chi connectivity index (χ1v) is 9.41. The number of amides is 2. The van der Waals surface area contributed by atoms with Gasteiger partial charge in [0.05, 0.1) is 11.0 Å². The van der Waals surface area contributed by atoms with E-state index in [1.165, 1.54) is 11.8 Å². The van der Waals surface area contributed by atoms with Gasteiger partial charge in [-0.05, 0) is 44.0 Å². The van der Waals surface area contributed by atoms with Gasteiger partial charge in [-0.25, -0.2) is 0 Å². The van der Waals surface area contributed by atoms with Crippen LogP contribution in [0, 0.1) is 6.92 Å². The van der Waals surface area contributed by atoms with Crippen LogP contribution in [0.25, 0.3) is 0 Å². The lowest BCUT2D eigenvalue weighted by Gasteiger charge is -2.14. The predicted molar refractivity (Wildman–Crippen MR) is 106 cm³/mol. The van der Waals surface area contributed by atoms with Crippen molar-refractivity contribution in [3.8, 4) is 0 Å². The fourth-order valence-electron chi connectivity index (χ4n) is 2.30. The van der Waals surface area contributed by atoms with Crippen LogP contribution in [0.15, 0.2) is 48.5 Å². The zero-order valence-corrected chi connectivity index (χ0v) is 15.7. The van der Waals surface area contributed by atoms with Gasteiger partial charge in [0.25, 0.3) is 0 Å². The van der Waals surface area contributed by atoms with E-state index in [0.717, 1.165) is 28.9 Å². The molecular formula is C20H24N2O2S.